The summed E-state index contributed by atoms with van der Waals surface area (Å²) in [7, 11) is 0. The fourth-order valence-electron chi connectivity index (χ4n) is 3.41. The van der Waals surface area contributed by atoms with Gasteiger partial charge in [-0.15, -0.1) is 0 Å². The molecule has 1 unspecified atom stereocenters. The van der Waals surface area contributed by atoms with Crippen molar-refractivity contribution >= 4 is 41.0 Å². The Morgan fingerprint density at radius 3 is 2.61 bits per heavy atom. The highest BCUT2D eigenvalue weighted by Gasteiger charge is 2.49. The van der Waals surface area contributed by atoms with Crippen LogP contribution >= 0.6 is 11.6 Å². The van der Waals surface area contributed by atoms with Crippen molar-refractivity contribution in [1.29, 1.82) is 0 Å². The van der Waals surface area contributed by atoms with Gasteiger partial charge in [0.25, 0.3) is 11.8 Å². The third-order valence-corrected chi connectivity index (χ3v) is 5.53. The smallest absolute Gasteiger partial charge is 0.325 e. The zero-order valence-electron chi connectivity index (χ0n) is 16.8. The molecule has 1 aliphatic carbocycles. The minimum atomic E-state index is -1.32. The molecule has 8 nitrogen and oxygen atoms in total. The van der Waals surface area contributed by atoms with E-state index >= 15 is 0 Å². The minimum absolute atomic E-state index is 0.204. The van der Waals surface area contributed by atoms with Gasteiger partial charge in [0.1, 0.15) is 12.1 Å². The molecule has 1 saturated heterocycles. The first kappa shape index (κ1) is 20.9. The predicted molar refractivity (Wildman–Crippen MR) is 115 cm³/mol. The molecular weight excluding hydrogens is 420 g/mol. The fourth-order valence-corrected chi connectivity index (χ4v) is 3.60. The molecule has 2 aromatic rings. The van der Waals surface area contributed by atoms with Crippen LogP contribution in [0.5, 0.6) is 0 Å². The van der Waals surface area contributed by atoms with Gasteiger partial charge in [-0.2, -0.15) is 0 Å². The Morgan fingerprint density at radius 1 is 1.16 bits per heavy atom. The molecule has 31 heavy (non-hydrogen) atoms. The maximum atomic E-state index is 13.0. The number of carbonyl (C=O) groups excluding carboxylic acids is 4. The Labute approximate surface area is 183 Å². The molecule has 3 N–H and O–H groups in total. The van der Waals surface area contributed by atoms with Crippen molar-refractivity contribution in [3.63, 3.8) is 0 Å². The molecule has 1 saturated carbocycles. The van der Waals surface area contributed by atoms with Crippen molar-refractivity contribution in [2.24, 2.45) is 0 Å². The van der Waals surface area contributed by atoms with Gasteiger partial charge >= 0.3 is 6.03 Å². The average Bonchev–Trinajstić information content (AvgIpc) is 3.52. The summed E-state index contributed by atoms with van der Waals surface area (Å²) in [4.78, 5) is 51.0. The normalized spacial score (nSPS) is 20.4. The van der Waals surface area contributed by atoms with E-state index in [0.717, 1.165) is 17.7 Å². The van der Waals surface area contributed by atoms with Crippen molar-refractivity contribution in [3.05, 3.63) is 64.7 Å². The first-order valence-electron chi connectivity index (χ1n) is 9.87. The Hall–Kier alpha value is -3.39. The second-order valence-electron chi connectivity index (χ2n) is 7.83. The van der Waals surface area contributed by atoms with Crippen LogP contribution < -0.4 is 16.0 Å². The average molecular weight is 441 g/mol. The van der Waals surface area contributed by atoms with Crippen molar-refractivity contribution < 1.29 is 19.2 Å². The van der Waals surface area contributed by atoms with Crippen molar-refractivity contribution in [3.8, 4) is 0 Å². The van der Waals surface area contributed by atoms with Gasteiger partial charge < -0.3 is 16.0 Å². The van der Waals surface area contributed by atoms with E-state index in [1.54, 1.807) is 55.5 Å². The molecule has 0 spiro atoms. The largest absolute Gasteiger partial charge is 0.349 e. The summed E-state index contributed by atoms with van der Waals surface area (Å²) in [6, 6.07) is 12.7. The first-order valence-corrected chi connectivity index (χ1v) is 10.2. The lowest BCUT2D eigenvalue weighted by Gasteiger charge is -2.22. The summed E-state index contributed by atoms with van der Waals surface area (Å²) in [5, 5.41) is 8.59. The van der Waals surface area contributed by atoms with Gasteiger partial charge in [0.2, 0.25) is 5.91 Å². The summed E-state index contributed by atoms with van der Waals surface area (Å²) >= 11 is 6.02. The lowest BCUT2D eigenvalue weighted by molar-refractivity contribution is -0.133. The number of nitrogens with zero attached hydrogens (tertiary/aromatic N) is 1. The molecule has 160 valence electrons. The third kappa shape index (κ3) is 4.39. The van der Waals surface area contributed by atoms with Crippen LogP contribution in [0.4, 0.5) is 10.5 Å². The molecule has 9 heteroatoms. The van der Waals surface area contributed by atoms with E-state index in [2.05, 4.69) is 16.0 Å². The van der Waals surface area contributed by atoms with E-state index in [1.165, 1.54) is 0 Å². The van der Waals surface area contributed by atoms with Crippen LogP contribution in [0.3, 0.4) is 0 Å². The summed E-state index contributed by atoms with van der Waals surface area (Å²) in [6.45, 7) is 1.11. The number of amides is 5. The predicted octanol–water partition coefficient (Wildman–Crippen LogP) is 2.64. The quantitative estimate of drug-likeness (QED) is 0.600. The van der Waals surface area contributed by atoms with Gasteiger partial charge in [-0.3, -0.25) is 19.3 Å². The molecule has 1 heterocycles. The zero-order valence-corrected chi connectivity index (χ0v) is 17.5. The maximum Gasteiger partial charge on any atom is 0.325 e. The van der Waals surface area contributed by atoms with Crippen molar-refractivity contribution in [1.82, 2.24) is 15.5 Å². The minimum Gasteiger partial charge on any atom is -0.349 e. The van der Waals surface area contributed by atoms with E-state index < -0.39 is 29.9 Å². The number of halogens is 1. The van der Waals surface area contributed by atoms with Crippen molar-refractivity contribution in [2.75, 3.05) is 11.9 Å². The number of hydrogen-bond acceptors (Lipinski definition) is 4. The molecule has 2 fully saturated rings. The Balaban J connectivity index is 1.43. The zero-order chi connectivity index (χ0) is 22.2. The lowest BCUT2D eigenvalue weighted by Crippen LogP contribution is -2.42. The molecule has 4 rings (SSSR count). The lowest BCUT2D eigenvalue weighted by atomic mass is 9.92. The molecule has 5 amide bonds. The maximum absolute atomic E-state index is 13.0. The van der Waals surface area contributed by atoms with Crippen LogP contribution in [-0.4, -0.2) is 41.2 Å². The Kier molecular flexibility index (Phi) is 5.41. The van der Waals surface area contributed by atoms with Crippen LogP contribution in [0.1, 0.15) is 35.7 Å². The van der Waals surface area contributed by atoms with Gasteiger partial charge in [0, 0.05) is 22.3 Å². The second-order valence-corrected chi connectivity index (χ2v) is 8.27. The SMILES string of the molecule is CC1(c2cccc(Cl)c2)NC(=O)N(CC(=O)Nc2cccc(C(=O)NC3CC3)c2)C1=O. The highest BCUT2D eigenvalue weighted by molar-refractivity contribution is 6.30. The Bertz CT molecular complexity index is 1080. The van der Waals surface area contributed by atoms with E-state index in [0.29, 0.717) is 21.8 Å². The third-order valence-electron chi connectivity index (χ3n) is 5.30. The topological polar surface area (TPSA) is 108 Å². The van der Waals surface area contributed by atoms with Gasteiger partial charge in [0.15, 0.2) is 0 Å². The summed E-state index contributed by atoms with van der Waals surface area (Å²) in [5.74, 6) is -1.31. The number of carbonyl (C=O) groups is 4. The number of hydrogen-bond donors (Lipinski definition) is 3. The molecule has 2 aromatic carbocycles. The van der Waals surface area contributed by atoms with Gasteiger partial charge in [0.05, 0.1) is 0 Å². The number of rotatable bonds is 6. The second kappa shape index (κ2) is 8.03. The Morgan fingerprint density at radius 2 is 1.90 bits per heavy atom. The highest BCUT2D eigenvalue weighted by atomic mass is 35.5. The molecule has 1 atom stereocenters. The van der Waals surface area contributed by atoms with Gasteiger partial charge in [-0.05, 0) is 55.7 Å². The van der Waals surface area contributed by atoms with E-state index in [4.69, 9.17) is 11.6 Å². The molecule has 0 bridgehead atoms. The molecule has 1 aliphatic heterocycles. The van der Waals surface area contributed by atoms with E-state index in [9.17, 15) is 19.2 Å². The van der Waals surface area contributed by atoms with E-state index in [-0.39, 0.29) is 11.9 Å². The summed E-state index contributed by atoms with van der Waals surface area (Å²) in [5.41, 5.74) is 0.0326. The fraction of sp³-hybridized carbons (Fsp3) is 0.273. The molecular formula is C22H21ClN4O4. The standard InChI is InChI=1S/C22H21ClN4O4/c1-22(14-5-3-6-15(23)11-14)20(30)27(21(31)26-22)12-18(28)24-17-7-2-4-13(10-17)19(29)25-16-8-9-16/h2-7,10-11,16H,8-9,12H2,1H3,(H,24,28)(H,25,29)(H,26,31). The summed E-state index contributed by atoms with van der Waals surface area (Å²) in [6.07, 6.45) is 1.95. The number of benzene rings is 2. The van der Waals surface area contributed by atoms with Gasteiger partial charge in [-0.25, -0.2) is 4.79 Å². The molecule has 0 aromatic heterocycles. The summed E-state index contributed by atoms with van der Waals surface area (Å²) < 4.78 is 0. The molecule has 2 aliphatic rings. The van der Waals surface area contributed by atoms with Crippen LogP contribution in [0, 0.1) is 0 Å². The highest BCUT2D eigenvalue weighted by Crippen LogP contribution is 2.30. The van der Waals surface area contributed by atoms with Crippen LogP contribution in [-0.2, 0) is 15.1 Å². The van der Waals surface area contributed by atoms with Crippen LogP contribution in [0.2, 0.25) is 5.02 Å². The van der Waals surface area contributed by atoms with Crippen molar-refractivity contribution in [2.45, 2.75) is 31.3 Å². The van der Waals surface area contributed by atoms with Crippen LogP contribution in [0.25, 0.3) is 0 Å². The first-order chi connectivity index (χ1) is 14.8. The monoisotopic (exact) mass is 440 g/mol. The molecule has 0 radical (unpaired) electrons. The number of anilines is 1. The number of imide groups is 1. The van der Waals surface area contributed by atoms with Gasteiger partial charge in [-0.1, -0.05) is 29.8 Å². The van der Waals surface area contributed by atoms with Crippen LogP contribution in [0.15, 0.2) is 48.5 Å². The number of urea groups is 1. The number of nitrogens with one attached hydrogen (secondary N) is 3. The van der Waals surface area contributed by atoms with E-state index in [1.807, 2.05) is 0 Å².